The quantitative estimate of drug-likeness (QED) is 0.659. The second kappa shape index (κ2) is 10.1. The third kappa shape index (κ3) is 5.42. The number of para-hydroxylation sites is 1. The van der Waals surface area contributed by atoms with Crippen LogP contribution in [0.4, 0.5) is 5.69 Å². The van der Waals surface area contributed by atoms with Crippen LogP contribution in [0.2, 0.25) is 0 Å². The molecule has 1 aliphatic heterocycles. The number of amides is 2. The number of ether oxygens (including phenoxy) is 2. The third-order valence-corrected chi connectivity index (χ3v) is 5.41. The van der Waals surface area contributed by atoms with Gasteiger partial charge in [0.25, 0.3) is 5.91 Å². The van der Waals surface area contributed by atoms with Crippen LogP contribution < -0.4 is 15.0 Å². The molecule has 7 heteroatoms. The number of hydrogen-bond acceptors (Lipinski definition) is 5. The second-order valence-corrected chi connectivity index (χ2v) is 7.53. The molecular weight excluding hydrogens is 396 g/mol. The van der Waals surface area contributed by atoms with Crippen molar-refractivity contribution in [3.05, 3.63) is 59.7 Å². The van der Waals surface area contributed by atoms with Crippen molar-refractivity contribution in [2.45, 2.75) is 39.3 Å². The maximum atomic E-state index is 12.6. The number of anilines is 1. The summed E-state index contributed by atoms with van der Waals surface area (Å²) < 4.78 is 10.5. The van der Waals surface area contributed by atoms with Gasteiger partial charge in [-0.25, -0.2) is 0 Å². The molecule has 1 heterocycles. The van der Waals surface area contributed by atoms with E-state index in [1.165, 1.54) is 6.92 Å². The van der Waals surface area contributed by atoms with E-state index in [1.807, 2.05) is 55.5 Å². The highest BCUT2D eigenvalue weighted by Gasteiger charge is 2.37. The molecule has 0 saturated carbocycles. The summed E-state index contributed by atoms with van der Waals surface area (Å²) >= 11 is 0. The van der Waals surface area contributed by atoms with Crippen molar-refractivity contribution >= 4 is 23.5 Å². The largest absolute Gasteiger partial charge is 0.497 e. The van der Waals surface area contributed by atoms with E-state index in [0.717, 1.165) is 29.0 Å². The Morgan fingerprint density at radius 3 is 2.55 bits per heavy atom. The van der Waals surface area contributed by atoms with E-state index < -0.39 is 18.0 Å². The third-order valence-electron chi connectivity index (χ3n) is 5.41. The van der Waals surface area contributed by atoms with Crippen molar-refractivity contribution in [3.63, 3.8) is 0 Å². The first-order chi connectivity index (χ1) is 14.9. The predicted molar refractivity (Wildman–Crippen MR) is 117 cm³/mol. The van der Waals surface area contributed by atoms with Gasteiger partial charge in [0.2, 0.25) is 5.91 Å². The summed E-state index contributed by atoms with van der Waals surface area (Å²) in [5.41, 5.74) is 2.78. The Labute approximate surface area is 182 Å². The van der Waals surface area contributed by atoms with Crippen LogP contribution in [-0.2, 0) is 32.1 Å². The van der Waals surface area contributed by atoms with Gasteiger partial charge < -0.3 is 19.7 Å². The number of methoxy groups -OCH3 is 1. The molecule has 0 aliphatic carbocycles. The number of nitrogens with zero attached hydrogens (tertiary/aromatic N) is 1. The van der Waals surface area contributed by atoms with Gasteiger partial charge in [0.1, 0.15) is 5.75 Å². The second-order valence-electron chi connectivity index (χ2n) is 7.53. The summed E-state index contributed by atoms with van der Waals surface area (Å²) in [6.45, 7) is 4.13. The van der Waals surface area contributed by atoms with Crippen LogP contribution >= 0.6 is 0 Å². The Morgan fingerprint density at radius 2 is 1.87 bits per heavy atom. The first-order valence-corrected chi connectivity index (χ1v) is 10.4. The number of nitrogens with one attached hydrogen (secondary N) is 1. The van der Waals surface area contributed by atoms with E-state index in [0.29, 0.717) is 6.54 Å². The van der Waals surface area contributed by atoms with E-state index in [2.05, 4.69) is 5.32 Å². The number of esters is 1. The van der Waals surface area contributed by atoms with Gasteiger partial charge in [-0.2, -0.15) is 0 Å². The van der Waals surface area contributed by atoms with Gasteiger partial charge >= 0.3 is 5.97 Å². The minimum Gasteiger partial charge on any atom is -0.497 e. The fourth-order valence-electron chi connectivity index (χ4n) is 3.57. The maximum absolute atomic E-state index is 12.6. The van der Waals surface area contributed by atoms with E-state index in [4.69, 9.17) is 9.47 Å². The van der Waals surface area contributed by atoms with Crippen LogP contribution in [0.3, 0.4) is 0 Å². The highest BCUT2D eigenvalue weighted by atomic mass is 16.5. The molecule has 2 aromatic carbocycles. The number of carbonyl (C=O) groups excluding carboxylic acids is 3. The van der Waals surface area contributed by atoms with Gasteiger partial charge in [0, 0.05) is 25.2 Å². The molecule has 7 nitrogen and oxygen atoms in total. The molecule has 2 amide bonds. The summed E-state index contributed by atoms with van der Waals surface area (Å²) in [4.78, 5) is 39.1. The first kappa shape index (κ1) is 22.3. The van der Waals surface area contributed by atoms with Crippen molar-refractivity contribution in [2.24, 2.45) is 5.92 Å². The first-order valence-electron chi connectivity index (χ1n) is 10.4. The Balaban J connectivity index is 1.53. The van der Waals surface area contributed by atoms with Gasteiger partial charge in [0.05, 0.1) is 13.0 Å². The molecule has 1 aliphatic rings. The Kier molecular flexibility index (Phi) is 7.28. The van der Waals surface area contributed by atoms with Crippen LogP contribution in [0, 0.1) is 5.92 Å². The smallest absolute Gasteiger partial charge is 0.312 e. The van der Waals surface area contributed by atoms with E-state index in [9.17, 15) is 14.4 Å². The zero-order chi connectivity index (χ0) is 22.4. The Hall–Kier alpha value is -3.35. The average molecular weight is 424 g/mol. The standard InChI is InChI=1S/C24H28N2O5/c1-4-18-7-5-6-8-21(18)26-15-19(13-22(26)27)24(29)31-16(2)23(28)25-14-17-9-11-20(30-3)12-10-17/h5-12,16,19H,4,13-15H2,1-3H3,(H,25,28)/t16-,19+/m1/s1. The molecule has 0 spiro atoms. The molecule has 0 aromatic heterocycles. The molecule has 1 N–H and O–H groups in total. The lowest BCUT2D eigenvalue weighted by Gasteiger charge is -2.20. The van der Waals surface area contributed by atoms with Crippen molar-refractivity contribution in [2.75, 3.05) is 18.6 Å². The Morgan fingerprint density at radius 1 is 1.16 bits per heavy atom. The van der Waals surface area contributed by atoms with Gasteiger partial charge in [-0.3, -0.25) is 14.4 Å². The normalized spacial score (nSPS) is 16.7. The SMILES string of the molecule is CCc1ccccc1N1C[C@@H](C(=O)O[C@H](C)C(=O)NCc2ccc(OC)cc2)CC1=O. The molecule has 1 fully saturated rings. The predicted octanol–water partition coefficient (Wildman–Crippen LogP) is 2.86. The lowest BCUT2D eigenvalue weighted by atomic mass is 10.1. The lowest BCUT2D eigenvalue weighted by Crippen LogP contribution is -2.37. The molecule has 31 heavy (non-hydrogen) atoms. The molecular formula is C24H28N2O5. The zero-order valence-electron chi connectivity index (χ0n) is 18.1. The number of aryl methyl sites for hydroxylation is 1. The van der Waals surface area contributed by atoms with Crippen molar-refractivity contribution < 1.29 is 23.9 Å². The fraction of sp³-hybridized carbons (Fsp3) is 0.375. The highest BCUT2D eigenvalue weighted by Crippen LogP contribution is 2.29. The summed E-state index contributed by atoms with van der Waals surface area (Å²) in [7, 11) is 1.59. The van der Waals surface area contributed by atoms with Gasteiger partial charge in [0.15, 0.2) is 6.10 Å². The summed E-state index contributed by atoms with van der Waals surface area (Å²) in [6, 6.07) is 15.0. The molecule has 1 saturated heterocycles. The monoisotopic (exact) mass is 424 g/mol. The molecule has 164 valence electrons. The lowest BCUT2D eigenvalue weighted by molar-refractivity contribution is -0.158. The van der Waals surface area contributed by atoms with Gasteiger partial charge in [-0.05, 0) is 42.7 Å². The van der Waals surface area contributed by atoms with Gasteiger partial charge in [-0.1, -0.05) is 37.3 Å². The molecule has 0 unspecified atom stereocenters. The van der Waals surface area contributed by atoms with Crippen LogP contribution in [-0.4, -0.2) is 37.5 Å². The van der Waals surface area contributed by atoms with Crippen molar-refractivity contribution in [1.82, 2.24) is 5.32 Å². The summed E-state index contributed by atoms with van der Waals surface area (Å²) in [6.07, 6.45) is -0.0739. The molecule has 2 aromatic rings. The fourth-order valence-corrected chi connectivity index (χ4v) is 3.57. The number of hydrogen-bond donors (Lipinski definition) is 1. The topological polar surface area (TPSA) is 84.9 Å². The van der Waals surface area contributed by atoms with E-state index in [-0.39, 0.29) is 24.8 Å². The molecule has 2 atom stereocenters. The minimum absolute atomic E-state index is 0.0804. The van der Waals surface area contributed by atoms with Crippen LogP contribution in [0.5, 0.6) is 5.75 Å². The average Bonchev–Trinajstić information content (AvgIpc) is 3.19. The number of carbonyl (C=O) groups is 3. The molecule has 0 bridgehead atoms. The Bertz CT molecular complexity index is 941. The van der Waals surface area contributed by atoms with E-state index in [1.54, 1.807) is 12.0 Å². The number of rotatable bonds is 8. The summed E-state index contributed by atoms with van der Waals surface area (Å²) in [5, 5.41) is 2.76. The van der Waals surface area contributed by atoms with Crippen LogP contribution in [0.15, 0.2) is 48.5 Å². The van der Waals surface area contributed by atoms with E-state index >= 15 is 0 Å². The van der Waals surface area contributed by atoms with Crippen molar-refractivity contribution in [1.29, 1.82) is 0 Å². The minimum atomic E-state index is -0.946. The molecule has 0 radical (unpaired) electrons. The van der Waals surface area contributed by atoms with Crippen molar-refractivity contribution in [3.8, 4) is 5.75 Å². The maximum Gasteiger partial charge on any atom is 0.312 e. The highest BCUT2D eigenvalue weighted by molar-refractivity contribution is 6.00. The summed E-state index contributed by atoms with van der Waals surface area (Å²) in [5.74, 6) is -0.883. The van der Waals surface area contributed by atoms with Crippen LogP contribution in [0.25, 0.3) is 0 Å². The zero-order valence-corrected chi connectivity index (χ0v) is 18.1. The van der Waals surface area contributed by atoms with Crippen LogP contribution in [0.1, 0.15) is 31.4 Å². The number of benzene rings is 2. The molecule has 3 rings (SSSR count). The van der Waals surface area contributed by atoms with Gasteiger partial charge in [-0.15, -0.1) is 0 Å².